The molecule has 0 saturated heterocycles. The molecule has 2 aromatic heterocycles. The fraction of sp³-hybridized carbons (Fsp3) is 0.462. The zero-order valence-electron chi connectivity index (χ0n) is 11.6. The summed E-state index contributed by atoms with van der Waals surface area (Å²) in [5.41, 5.74) is 2.12. The van der Waals surface area contributed by atoms with Gasteiger partial charge in [-0.25, -0.2) is 9.97 Å². The molecular formula is C13H18N4O2S. The van der Waals surface area contributed by atoms with E-state index in [1.165, 1.54) is 0 Å². The molecule has 0 radical (unpaired) electrons. The highest BCUT2D eigenvalue weighted by Crippen LogP contribution is 2.28. The highest BCUT2D eigenvalue weighted by molar-refractivity contribution is 7.18. The number of carbonyl (C=O) groups is 1. The van der Waals surface area contributed by atoms with Crippen LogP contribution in [0.1, 0.15) is 12.0 Å². The number of carbonyl (C=O) groups excluding carboxylic acids is 1. The number of hydrogen-bond donors (Lipinski definition) is 2. The number of aryl methyl sites for hydroxylation is 1. The van der Waals surface area contributed by atoms with Crippen LogP contribution in [-0.2, 0) is 9.53 Å². The molecule has 0 aliphatic heterocycles. The highest BCUT2D eigenvalue weighted by Gasteiger charge is 2.08. The SMILES string of the molecule is COCCNC(=O)CCNc1ncnc2c(C)csc12. The second-order valence-corrected chi connectivity index (χ2v) is 5.22. The van der Waals surface area contributed by atoms with Crippen molar-refractivity contribution in [3.8, 4) is 0 Å². The lowest BCUT2D eigenvalue weighted by atomic mass is 10.3. The quantitative estimate of drug-likeness (QED) is 0.758. The minimum atomic E-state index is 0.00205. The van der Waals surface area contributed by atoms with E-state index in [1.54, 1.807) is 24.8 Å². The van der Waals surface area contributed by atoms with Gasteiger partial charge in [0, 0.05) is 26.6 Å². The van der Waals surface area contributed by atoms with Crippen molar-refractivity contribution < 1.29 is 9.53 Å². The molecule has 0 aliphatic carbocycles. The molecule has 6 nitrogen and oxygen atoms in total. The topological polar surface area (TPSA) is 76.1 Å². The second kappa shape index (κ2) is 7.16. The standard InChI is InChI=1S/C13H18N4O2S/c1-9-7-20-12-11(9)16-8-17-13(12)15-4-3-10(18)14-5-6-19-2/h7-8H,3-6H2,1-2H3,(H,14,18)(H,15,16,17). The van der Waals surface area contributed by atoms with Gasteiger partial charge in [-0.15, -0.1) is 11.3 Å². The number of methoxy groups -OCH3 is 1. The molecule has 0 atom stereocenters. The average molecular weight is 294 g/mol. The molecule has 0 spiro atoms. The maximum absolute atomic E-state index is 11.5. The van der Waals surface area contributed by atoms with Gasteiger partial charge in [-0.2, -0.15) is 0 Å². The van der Waals surface area contributed by atoms with Crippen LogP contribution in [-0.4, -0.2) is 42.7 Å². The summed E-state index contributed by atoms with van der Waals surface area (Å²) in [6.07, 6.45) is 1.95. The van der Waals surface area contributed by atoms with Gasteiger partial charge in [-0.3, -0.25) is 4.79 Å². The van der Waals surface area contributed by atoms with Crippen molar-refractivity contribution in [1.82, 2.24) is 15.3 Å². The molecule has 20 heavy (non-hydrogen) atoms. The van der Waals surface area contributed by atoms with Crippen LogP contribution in [0.3, 0.4) is 0 Å². The summed E-state index contributed by atoms with van der Waals surface area (Å²) >= 11 is 1.61. The summed E-state index contributed by atoms with van der Waals surface area (Å²) < 4.78 is 5.90. The molecule has 2 rings (SSSR count). The lowest BCUT2D eigenvalue weighted by Gasteiger charge is -2.07. The van der Waals surface area contributed by atoms with Crippen LogP contribution in [0.25, 0.3) is 10.2 Å². The van der Waals surface area contributed by atoms with E-state index in [9.17, 15) is 4.79 Å². The Morgan fingerprint density at radius 3 is 3.05 bits per heavy atom. The third kappa shape index (κ3) is 3.64. The van der Waals surface area contributed by atoms with E-state index < -0.39 is 0 Å². The smallest absolute Gasteiger partial charge is 0.221 e. The van der Waals surface area contributed by atoms with E-state index in [4.69, 9.17) is 4.74 Å². The zero-order chi connectivity index (χ0) is 14.4. The fourth-order valence-corrected chi connectivity index (χ4v) is 2.74. The fourth-order valence-electron chi connectivity index (χ4n) is 1.77. The molecule has 7 heteroatoms. The maximum Gasteiger partial charge on any atom is 0.221 e. The molecule has 0 saturated carbocycles. The summed E-state index contributed by atoms with van der Waals surface area (Å²) in [7, 11) is 1.61. The van der Waals surface area contributed by atoms with Crippen LogP contribution in [0.2, 0.25) is 0 Å². The summed E-state index contributed by atoms with van der Waals surface area (Å²) in [6, 6.07) is 0. The zero-order valence-corrected chi connectivity index (χ0v) is 12.4. The Kier molecular flexibility index (Phi) is 5.25. The maximum atomic E-state index is 11.5. The molecule has 108 valence electrons. The number of hydrogen-bond acceptors (Lipinski definition) is 6. The average Bonchev–Trinajstić information content (AvgIpc) is 2.82. The summed E-state index contributed by atoms with van der Waals surface area (Å²) in [6.45, 7) is 3.64. The van der Waals surface area contributed by atoms with E-state index in [2.05, 4.69) is 26.0 Å². The number of ether oxygens (including phenoxy) is 1. The van der Waals surface area contributed by atoms with Crippen molar-refractivity contribution in [2.75, 3.05) is 32.1 Å². The van der Waals surface area contributed by atoms with E-state index >= 15 is 0 Å². The number of rotatable bonds is 7. The van der Waals surface area contributed by atoms with Crippen LogP contribution >= 0.6 is 11.3 Å². The second-order valence-electron chi connectivity index (χ2n) is 4.34. The Hall–Kier alpha value is -1.73. The molecule has 2 aromatic rings. The minimum Gasteiger partial charge on any atom is -0.383 e. The monoisotopic (exact) mass is 294 g/mol. The van der Waals surface area contributed by atoms with Gasteiger partial charge in [0.25, 0.3) is 0 Å². The normalized spacial score (nSPS) is 10.7. The van der Waals surface area contributed by atoms with Gasteiger partial charge >= 0.3 is 0 Å². The Bertz CT molecular complexity index is 585. The number of nitrogens with one attached hydrogen (secondary N) is 2. The van der Waals surface area contributed by atoms with Crippen molar-refractivity contribution >= 4 is 33.3 Å². The summed E-state index contributed by atoms with van der Waals surface area (Å²) in [5.74, 6) is 0.792. The van der Waals surface area contributed by atoms with Gasteiger partial charge in [0.05, 0.1) is 16.8 Å². The van der Waals surface area contributed by atoms with E-state index in [-0.39, 0.29) is 5.91 Å². The van der Waals surface area contributed by atoms with Crippen LogP contribution < -0.4 is 10.6 Å². The third-order valence-corrected chi connectivity index (χ3v) is 3.90. The van der Waals surface area contributed by atoms with Gasteiger partial charge in [0.2, 0.25) is 5.91 Å². The van der Waals surface area contributed by atoms with Gasteiger partial charge < -0.3 is 15.4 Å². The van der Waals surface area contributed by atoms with Gasteiger partial charge in [-0.1, -0.05) is 0 Å². The number of amides is 1. The van der Waals surface area contributed by atoms with Crippen molar-refractivity contribution in [3.63, 3.8) is 0 Å². The Labute approximate surface area is 121 Å². The van der Waals surface area contributed by atoms with E-state index in [0.29, 0.717) is 26.1 Å². The van der Waals surface area contributed by atoms with Gasteiger partial charge in [0.1, 0.15) is 12.1 Å². The first-order chi connectivity index (χ1) is 9.72. The van der Waals surface area contributed by atoms with Crippen molar-refractivity contribution in [1.29, 1.82) is 0 Å². The molecule has 0 unspecified atom stereocenters. The van der Waals surface area contributed by atoms with Crippen LogP contribution in [0, 0.1) is 6.92 Å². The molecule has 0 fully saturated rings. The van der Waals surface area contributed by atoms with E-state index in [0.717, 1.165) is 21.6 Å². The lowest BCUT2D eigenvalue weighted by molar-refractivity contribution is -0.121. The molecular weight excluding hydrogens is 276 g/mol. The lowest BCUT2D eigenvalue weighted by Crippen LogP contribution is -2.28. The number of nitrogens with zero attached hydrogens (tertiary/aromatic N) is 2. The van der Waals surface area contributed by atoms with Gasteiger partial charge in [0.15, 0.2) is 0 Å². The number of aromatic nitrogens is 2. The Morgan fingerprint density at radius 1 is 1.40 bits per heavy atom. The highest BCUT2D eigenvalue weighted by atomic mass is 32.1. The van der Waals surface area contributed by atoms with Crippen LogP contribution in [0.15, 0.2) is 11.7 Å². The number of anilines is 1. The largest absolute Gasteiger partial charge is 0.383 e. The van der Waals surface area contributed by atoms with E-state index in [1.807, 2.05) is 6.92 Å². The predicted molar refractivity (Wildman–Crippen MR) is 80.1 cm³/mol. The van der Waals surface area contributed by atoms with Crippen LogP contribution in [0.4, 0.5) is 5.82 Å². The number of thiophene rings is 1. The van der Waals surface area contributed by atoms with Crippen molar-refractivity contribution in [3.05, 3.63) is 17.3 Å². The Morgan fingerprint density at radius 2 is 2.25 bits per heavy atom. The van der Waals surface area contributed by atoms with Gasteiger partial charge in [-0.05, 0) is 17.9 Å². The van der Waals surface area contributed by atoms with Crippen LogP contribution in [0.5, 0.6) is 0 Å². The molecule has 0 aliphatic rings. The molecule has 2 N–H and O–H groups in total. The molecule has 1 amide bonds. The minimum absolute atomic E-state index is 0.00205. The number of fused-ring (bicyclic) bond motifs is 1. The molecule has 0 aromatic carbocycles. The summed E-state index contributed by atoms with van der Waals surface area (Å²) in [4.78, 5) is 20.0. The molecule has 2 heterocycles. The first-order valence-corrected chi connectivity index (χ1v) is 7.28. The summed E-state index contributed by atoms with van der Waals surface area (Å²) in [5, 5.41) is 8.02. The molecule has 0 bridgehead atoms. The van der Waals surface area contributed by atoms with Crippen molar-refractivity contribution in [2.45, 2.75) is 13.3 Å². The Balaban J connectivity index is 1.85. The predicted octanol–water partition coefficient (Wildman–Crippen LogP) is 1.56. The third-order valence-electron chi connectivity index (χ3n) is 2.80. The first kappa shape index (κ1) is 14.7. The van der Waals surface area contributed by atoms with Crippen molar-refractivity contribution in [2.24, 2.45) is 0 Å². The first-order valence-electron chi connectivity index (χ1n) is 6.40.